The lowest BCUT2D eigenvalue weighted by atomic mass is 9.88. The average molecular weight is 220 g/mol. The van der Waals surface area contributed by atoms with Crippen LogP contribution in [0.4, 0.5) is 0 Å². The fourth-order valence-electron chi connectivity index (χ4n) is 2.24. The molecule has 1 atom stereocenters. The molecule has 1 heteroatoms. The second kappa shape index (κ2) is 6.70. The van der Waals surface area contributed by atoms with E-state index in [0.717, 1.165) is 31.2 Å². The van der Waals surface area contributed by atoms with Gasteiger partial charge in [0.25, 0.3) is 0 Å². The van der Waals surface area contributed by atoms with Crippen molar-refractivity contribution >= 4 is 0 Å². The third kappa shape index (κ3) is 3.64. The number of aliphatic hydroxyl groups excluding tert-OH is 1. The summed E-state index contributed by atoms with van der Waals surface area (Å²) in [5, 5.41) is 10.3. The minimum atomic E-state index is -0.291. The van der Waals surface area contributed by atoms with Crippen molar-refractivity contribution in [2.45, 2.75) is 52.6 Å². The lowest BCUT2D eigenvalue weighted by Crippen LogP contribution is -2.12. The monoisotopic (exact) mass is 220 g/mol. The summed E-state index contributed by atoms with van der Waals surface area (Å²) < 4.78 is 0. The highest BCUT2D eigenvalue weighted by molar-refractivity contribution is 5.23. The Bertz CT molecular complexity index is 283. The quantitative estimate of drug-likeness (QED) is 0.760. The van der Waals surface area contributed by atoms with Crippen molar-refractivity contribution in [2.24, 2.45) is 5.92 Å². The molecule has 1 nitrogen and oxygen atoms in total. The first-order valence-corrected chi connectivity index (χ1v) is 6.43. The van der Waals surface area contributed by atoms with E-state index in [0.29, 0.717) is 5.92 Å². The molecular weight excluding hydrogens is 196 g/mol. The molecule has 0 saturated carbocycles. The highest BCUT2D eigenvalue weighted by atomic mass is 16.3. The van der Waals surface area contributed by atoms with Gasteiger partial charge in [0.15, 0.2) is 0 Å². The summed E-state index contributed by atoms with van der Waals surface area (Å²) in [5.41, 5.74) is 2.32. The van der Waals surface area contributed by atoms with E-state index in [-0.39, 0.29) is 6.10 Å². The van der Waals surface area contributed by atoms with E-state index in [2.05, 4.69) is 45.0 Å². The van der Waals surface area contributed by atoms with Gasteiger partial charge < -0.3 is 5.11 Å². The Labute approximate surface area is 99.5 Å². The predicted molar refractivity (Wildman–Crippen MR) is 69.4 cm³/mol. The SMILES string of the molecule is CCCC(CCC)C(O)c1ccc(C)cc1. The Morgan fingerprint density at radius 1 is 1.00 bits per heavy atom. The molecule has 90 valence electrons. The molecule has 0 aliphatic heterocycles. The number of aliphatic hydroxyl groups is 1. The first kappa shape index (κ1) is 13.2. The van der Waals surface area contributed by atoms with Crippen LogP contribution in [-0.2, 0) is 0 Å². The van der Waals surface area contributed by atoms with Crippen molar-refractivity contribution in [2.75, 3.05) is 0 Å². The molecule has 0 aliphatic carbocycles. The molecule has 0 saturated heterocycles. The summed E-state index contributed by atoms with van der Waals surface area (Å²) in [6.45, 7) is 6.45. The highest BCUT2D eigenvalue weighted by Crippen LogP contribution is 2.29. The Morgan fingerprint density at radius 3 is 1.94 bits per heavy atom. The van der Waals surface area contributed by atoms with Gasteiger partial charge in [-0.3, -0.25) is 0 Å². The van der Waals surface area contributed by atoms with Crippen LogP contribution in [0, 0.1) is 12.8 Å². The average Bonchev–Trinajstić information content (AvgIpc) is 2.29. The molecule has 1 aromatic carbocycles. The molecule has 0 amide bonds. The van der Waals surface area contributed by atoms with Crippen molar-refractivity contribution in [1.29, 1.82) is 0 Å². The van der Waals surface area contributed by atoms with E-state index in [1.165, 1.54) is 5.56 Å². The maximum Gasteiger partial charge on any atom is 0.0818 e. The Morgan fingerprint density at radius 2 is 1.50 bits per heavy atom. The molecule has 0 aliphatic rings. The molecule has 0 aromatic heterocycles. The van der Waals surface area contributed by atoms with Gasteiger partial charge in [-0.2, -0.15) is 0 Å². The molecular formula is C15H24O. The zero-order valence-electron chi connectivity index (χ0n) is 10.7. The minimum absolute atomic E-state index is 0.291. The number of benzene rings is 1. The summed E-state index contributed by atoms with van der Waals surface area (Å²) in [5.74, 6) is 0.415. The van der Waals surface area contributed by atoms with Crippen LogP contribution >= 0.6 is 0 Å². The molecule has 0 heterocycles. The minimum Gasteiger partial charge on any atom is -0.388 e. The molecule has 1 unspecified atom stereocenters. The third-order valence-corrected chi connectivity index (χ3v) is 3.18. The Kier molecular flexibility index (Phi) is 5.54. The van der Waals surface area contributed by atoms with Gasteiger partial charge in [0.2, 0.25) is 0 Å². The largest absolute Gasteiger partial charge is 0.388 e. The predicted octanol–water partition coefficient (Wildman–Crippen LogP) is 4.24. The van der Waals surface area contributed by atoms with Crippen molar-refractivity contribution in [3.05, 3.63) is 35.4 Å². The van der Waals surface area contributed by atoms with Crippen LogP contribution in [0.5, 0.6) is 0 Å². The van der Waals surface area contributed by atoms with Gasteiger partial charge in [0, 0.05) is 0 Å². The number of hydrogen-bond donors (Lipinski definition) is 1. The number of hydrogen-bond acceptors (Lipinski definition) is 1. The van der Waals surface area contributed by atoms with Gasteiger partial charge in [0.05, 0.1) is 6.10 Å². The van der Waals surface area contributed by atoms with Crippen LogP contribution in [0.3, 0.4) is 0 Å². The summed E-state index contributed by atoms with van der Waals surface area (Å²) >= 11 is 0. The first-order valence-electron chi connectivity index (χ1n) is 6.43. The van der Waals surface area contributed by atoms with Crippen LogP contribution in [-0.4, -0.2) is 5.11 Å². The Balaban J connectivity index is 2.72. The van der Waals surface area contributed by atoms with Crippen LogP contribution in [0.25, 0.3) is 0 Å². The lowest BCUT2D eigenvalue weighted by molar-refractivity contribution is 0.0964. The van der Waals surface area contributed by atoms with E-state index in [1.807, 2.05) is 0 Å². The van der Waals surface area contributed by atoms with Crippen molar-refractivity contribution in [1.82, 2.24) is 0 Å². The molecule has 0 bridgehead atoms. The molecule has 0 fully saturated rings. The van der Waals surface area contributed by atoms with Gasteiger partial charge in [-0.1, -0.05) is 56.5 Å². The van der Waals surface area contributed by atoms with Gasteiger partial charge in [0.1, 0.15) is 0 Å². The summed E-state index contributed by atoms with van der Waals surface area (Å²) in [6.07, 6.45) is 4.23. The maximum atomic E-state index is 10.3. The van der Waals surface area contributed by atoms with Gasteiger partial charge in [-0.15, -0.1) is 0 Å². The standard InChI is InChI=1S/C15H24O/c1-4-6-13(7-5-2)15(16)14-10-8-12(3)9-11-14/h8-11,13,15-16H,4-7H2,1-3H3. The molecule has 0 radical (unpaired) electrons. The zero-order valence-corrected chi connectivity index (χ0v) is 10.7. The summed E-state index contributed by atoms with van der Waals surface area (Å²) in [6, 6.07) is 8.26. The molecule has 0 spiro atoms. The maximum absolute atomic E-state index is 10.3. The molecule has 1 rings (SSSR count). The lowest BCUT2D eigenvalue weighted by Gasteiger charge is -2.22. The van der Waals surface area contributed by atoms with Gasteiger partial charge in [-0.25, -0.2) is 0 Å². The normalized spacial score (nSPS) is 13.1. The number of rotatable bonds is 6. The second-order valence-corrected chi connectivity index (χ2v) is 4.69. The third-order valence-electron chi connectivity index (χ3n) is 3.18. The van der Waals surface area contributed by atoms with Crippen molar-refractivity contribution in [3.8, 4) is 0 Å². The fourth-order valence-corrected chi connectivity index (χ4v) is 2.24. The van der Waals surface area contributed by atoms with Crippen LogP contribution in [0.1, 0.15) is 56.8 Å². The van der Waals surface area contributed by atoms with Crippen molar-refractivity contribution < 1.29 is 5.11 Å². The topological polar surface area (TPSA) is 20.2 Å². The highest BCUT2D eigenvalue weighted by Gasteiger charge is 2.18. The van der Waals surface area contributed by atoms with E-state index in [9.17, 15) is 5.11 Å². The first-order chi connectivity index (χ1) is 7.69. The number of aryl methyl sites for hydroxylation is 1. The van der Waals surface area contributed by atoms with E-state index < -0.39 is 0 Å². The van der Waals surface area contributed by atoms with Crippen molar-refractivity contribution in [3.63, 3.8) is 0 Å². The molecule has 16 heavy (non-hydrogen) atoms. The van der Waals surface area contributed by atoms with E-state index in [1.54, 1.807) is 0 Å². The van der Waals surface area contributed by atoms with Crippen LogP contribution in [0.15, 0.2) is 24.3 Å². The zero-order chi connectivity index (χ0) is 12.0. The Hall–Kier alpha value is -0.820. The smallest absolute Gasteiger partial charge is 0.0818 e. The summed E-state index contributed by atoms with van der Waals surface area (Å²) in [7, 11) is 0. The summed E-state index contributed by atoms with van der Waals surface area (Å²) in [4.78, 5) is 0. The molecule has 1 aromatic rings. The van der Waals surface area contributed by atoms with Gasteiger partial charge in [-0.05, 0) is 31.2 Å². The van der Waals surface area contributed by atoms with Gasteiger partial charge >= 0.3 is 0 Å². The van der Waals surface area contributed by atoms with Crippen LogP contribution < -0.4 is 0 Å². The fraction of sp³-hybridized carbons (Fsp3) is 0.600. The van der Waals surface area contributed by atoms with E-state index in [4.69, 9.17) is 0 Å². The molecule has 1 N–H and O–H groups in total. The second-order valence-electron chi connectivity index (χ2n) is 4.69. The van der Waals surface area contributed by atoms with E-state index >= 15 is 0 Å². The van der Waals surface area contributed by atoms with Crippen LogP contribution in [0.2, 0.25) is 0 Å².